The highest BCUT2D eigenvalue weighted by molar-refractivity contribution is 8.00. The molecule has 2 fully saturated rings. The lowest BCUT2D eigenvalue weighted by Gasteiger charge is -2.29. The fourth-order valence-electron chi connectivity index (χ4n) is 4.30. The molecule has 3 rings (SSSR count). The summed E-state index contributed by atoms with van der Waals surface area (Å²) in [7, 11) is 0. The fourth-order valence-corrected chi connectivity index (χ4v) is 5.25. The molecule has 1 saturated carbocycles. The Morgan fingerprint density at radius 2 is 1.62 bits per heavy atom. The molecule has 1 aliphatic heterocycles. The predicted octanol–water partition coefficient (Wildman–Crippen LogP) is 4.76. The summed E-state index contributed by atoms with van der Waals surface area (Å²) in [6, 6.07) is 1.82. The second-order valence-electron chi connectivity index (χ2n) is 8.29. The summed E-state index contributed by atoms with van der Waals surface area (Å²) in [5.41, 5.74) is -3.03. The van der Waals surface area contributed by atoms with E-state index in [1.165, 1.54) is 11.8 Å². The Morgan fingerprint density at radius 3 is 2.16 bits per heavy atom. The van der Waals surface area contributed by atoms with Crippen LogP contribution in [-0.2, 0) is 28.4 Å². The maximum absolute atomic E-state index is 13.1. The molecule has 2 atom stereocenters. The van der Waals surface area contributed by atoms with Gasteiger partial charge in [-0.1, -0.05) is 0 Å². The first-order valence-corrected chi connectivity index (χ1v) is 11.6. The number of rotatable bonds is 6. The average Bonchev–Trinajstić information content (AvgIpc) is 3.15. The van der Waals surface area contributed by atoms with Crippen molar-refractivity contribution in [1.82, 2.24) is 10.6 Å². The van der Waals surface area contributed by atoms with E-state index >= 15 is 0 Å². The Bertz CT molecular complexity index is 778. The molecule has 1 amide bonds. The normalized spacial score (nSPS) is 25.2. The standard InChI is InChI=1S/C21H26F6N2O2S/c1-32-19(5-2-17(11-19)29-16-3-6-31-7-4-16)18(30)28-12-13-8-14(20(22,23)24)10-15(9-13)21(25,26)27/h8-10,16-17,29H,2-7,11-12H2,1H3,(H,28,30)/t17-,19-/m1/s1. The van der Waals surface area contributed by atoms with Gasteiger partial charge in [-0.05, 0) is 62.1 Å². The van der Waals surface area contributed by atoms with E-state index in [2.05, 4.69) is 10.6 Å². The summed E-state index contributed by atoms with van der Waals surface area (Å²) in [5.74, 6) is -0.368. The smallest absolute Gasteiger partial charge is 0.381 e. The molecule has 0 unspecified atom stereocenters. The Morgan fingerprint density at radius 1 is 1.03 bits per heavy atom. The third kappa shape index (κ3) is 6.11. The van der Waals surface area contributed by atoms with Gasteiger partial charge in [-0.25, -0.2) is 0 Å². The highest BCUT2D eigenvalue weighted by atomic mass is 32.2. The molecule has 2 N–H and O–H groups in total. The second kappa shape index (κ2) is 9.80. The van der Waals surface area contributed by atoms with Gasteiger partial charge in [0.25, 0.3) is 0 Å². The third-order valence-electron chi connectivity index (χ3n) is 6.07. The summed E-state index contributed by atoms with van der Waals surface area (Å²) in [6.07, 6.45) is -4.36. The van der Waals surface area contributed by atoms with E-state index in [0.717, 1.165) is 19.3 Å². The Balaban J connectivity index is 1.67. The first kappa shape index (κ1) is 25.2. The molecule has 32 heavy (non-hydrogen) atoms. The van der Waals surface area contributed by atoms with Gasteiger partial charge in [0.15, 0.2) is 0 Å². The van der Waals surface area contributed by atoms with E-state index < -0.39 is 34.8 Å². The minimum absolute atomic E-state index is 0.0816. The Kier molecular flexibility index (Phi) is 7.71. The molecular weight excluding hydrogens is 458 g/mol. The van der Waals surface area contributed by atoms with Crippen LogP contribution in [0.4, 0.5) is 26.3 Å². The molecule has 1 heterocycles. The summed E-state index contributed by atoms with van der Waals surface area (Å²) in [5, 5.41) is 6.13. The molecule has 0 radical (unpaired) electrons. The van der Waals surface area contributed by atoms with E-state index in [1.807, 2.05) is 0 Å². The first-order valence-electron chi connectivity index (χ1n) is 10.4. The summed E-state index contributed by atoms with van der Waals surface area (Å²) in [6.45, 7) is 0.969. The third-order valence-corrected chi connectivity index (χ3v) is 7.41. The molecule has 0 aromatic heterocycles. The summed E-state index contributed by atoms with van der Waals surface area (Å²) in [4.78, 5) is 12.9. The molecule has 4 nitrogen and oxygen atoms in total. The van der Waals surface area contributed by atoms with Gasteiger partial charge in [-0.2, -0.15) is 26.3 Å². The van der Waals surface area contributed by atoms with Crippen LogP contribution < -0.4 is 10.6 Å². The molecule has 2 aliphatic rings. The summed E-state index contributed by atoms with van der Waals surface area (Å²) >= 11 is 1.37. The van der Waals surface area contributed by atoms with Gasteiger partial charge in [-0.3, -0.25) is 4.79 Å². The van der Waals surface area contributed by atoms with Gasteiger partial charge >= 0.3 is 12.4 Å². The molecule has 11 heteroatoms. The van der Waals surface area contributed by atoms with Crippen LogP contribution in [0.15, 0.2) is 18.2 Å². The van der Waals surface area contributed by atoms with Crippen LogP contribution in [0.5, 0.6) is 0 Å². The minimum Gasteiger partial charge on any atom is -0.381 e. The number of nitrogens with one attached hydrogen (secondary N) is 2. The zero-order valence-corrected chi connectivity index (χ0v) is 18.4. The van der Waals surface area contributed by atoms with Gasteiger partial charge in [-0.15, -0.1) is 11.8 Å². The van der Waals surface area contributed by atoms with E-state index in [4.69, 9.17) is 4.74 Å². The quantitative estimate of drug-likeness (QED) is 0.572. The van der Waals surface area contributed by atoms with Crippen LogP contribution in [0.3, 0.4) is 0 Å². The highest BCUT2D eigenvalue weighted by Crippen LogP contribution is 2.41. The Hall–Kier alpha value is -1.46. The van der Waals surface area contributed by atoms with Crippen LogP contribution in [0.2, 0.25) is 0 Å². The number of hydrogen-bond donors (Lipinski definition) is 2. The van der Waals surface area contributed by atoms with Crippen molar-refractivity contribution in [3.05, 3.63) is 34.9 Å². The summed E-state index contributed by atoms with van der Waals surface area (Å²) < 4.78 is 82.9. The first-order chi connectivity index (χ1) is 14.9. The molecular formula is C21H26F6N2O2S. The van der Waals surface area contributed by atoms with Gasteiger partial charge in [0.2, 0.25) is 5.91 Å². The lowest BCUT2D eigenvalue weighted by molar-refractivity contribution is -0.143. The van der Waals surface area contributed by atoms with Crippen molar-refractivity contribution in [3.8, 4) is 0 Å². The Labute approximate surface area is 186 Å². The monoisotopic (exact) mass is 484 g/mol. The van der Waals surface area contributed by atoms with E-state index in [9.17, 15) is 31.1 Å². The average molecular weight is 485 g/mol. The minimum atomic E-state index is -4.92. The van der Waals surface area contributed by atoms with Crippen molar-refractivity contribution in [1.29, 1.82) is 0 Å². The fraction of sp³-hybridized carbons (Fsp3) is 0.667. The zero-order valence-electron chi connectivity index (χ0n) is 17.5. The van der Waals surface area contributed by atoms with Crippen LogP contribution in [0.1, 0.15) is 48.8 Å². The van der Waals surface area contributed by atoms with Gasteiger partial charge < -0.3 is 15.4 Å². The van der Waals surface area contributed by atoms with Crippen LogP contribution >= 0.6 is 11.8 Å². The number of hydrogen-bond acceptors (Lipinski definition) is 4. The molecule has 1 saturated heterocycles. The highest BCUT2D eigenvalue weighted by Gasteiger charge is 2.45. The van der Waals surface area contributed by atoms with Gasteiger partial charge in [0.1, 0.15) is 0 Å². The van der Waals surface area contributed by atoms with Crippen LogP contribution in [-0.4, -0.2) is 42.2 Å². The van der Waals surface area contributed by atoms with Crippen molar-refractivity contribution < 1.29 is 35.9 Å². The number of ether oxygens (including phenoxy) is 1. The molecule has 1 aliphatic carbocycles. The van der Waals surface area contributed by atoms with E-state index in [0.29, 0.717) is 44.2 Å². The molecule has 0 bridgehead atoms. The van der Waals surface area contributed by atoms with Gasteiger partial charge in [0, 0.05) is 31.8 Å². The SMILES string of the molecule is CS[C@]1(C(=O)NCc2cc(C(F)(F)F)cc(C(F)(F)F)c2)CC[C@@H](NC2CCOCC2)C1. The van der Waals surface area contributed by atoms with Crippen molar-refractivity contribution in [2.45, 2.75) is 67.8 Å². The van der Waals surface area contributed by atoms with Crippen molar-refractivity contribution in [2.75, 3.05) is 19.5 Å². The maximum Gasteiger partial charge on any atom is 0.416 e. The van der Waals surface area contributed by atoms with Crippen molar-refractivity contribution in [2.24, 2.45) is 0 Å². The van der Waals surface area contributed by atoms with Crippen LogP contribution in [0, 0.1) is 0 Å². The molecule has 180 valence electrons. The number of halogens is 6. The number of alkyl halides is 6. The predicted molar refractivity (Wildman–Crippen MR) is 109 cm³/mol. The van der Waals surface area contributed by atoms with Crippen molar-refractivity contribution in [3.63, 3.8) is 0 Å². The lowest BCUT2D eigenvalue weighted by atomic mass is 10.0. The van der Waals surface area contributed by atoms with Crippen LogP contribution in [0.25, 0.3) is 0 Å². The number of benzene rings is 1. The largest absolute Gasteiger partial charge is 0.416 e. The van der Waals surface area contributed by atoms with E-state index in [1.54, 1.807) is 6.26 Å². The molecule has 1 aromatic carbocycles. The maximum atomic E-state index is 13.1. The zero-order chi connectivity index (χ0) is 23.6. The van der Waals surface area contributed by atoms with E-state index in [-0.39, 0.29) is 23.6 Å². The lowest BCUT2D eigenvalue weighted by Crippen LogP contribution is -2.45. The number of thioether (sulfide) groups is 1. The number of amides is 1. The second-order valence-corrected chi connectivity index (χ2v) is 9.48. The molecule has 0 spiro atoms. The number of carbonyl (C=O) groups is 1. The topological polar surface area (TPSA) is 50.4 Å². The number of carbonyl (C=O) groups excluding carboxylic acids is 1. The molecule has 1 aromatic rings. The van der Waals surface area contributed by atoms with Gasteiger partial charge in [0.05, 0.1) is 15.9 Å². The van der Waals surface area contributed by atoms with Crippen molar-refractivity contribution >= 4 is 17.7 Å².